The fourth-order valence-electron chi connectivity index (χ4n) is 3.06. The van der Waals surface area contributed by atoms with Gasteiger partial charge in [-0.05, 0) is 37.5 Å². The van der Waals surface area contributed by atoms with E-state index in [9.17, 15) is 4.79 Å². The molecular formula is C18H20N8OS. The topological polar surface area (TPSA) is 100 Å². The van der Waals surface area contributed by atoms with Crippen LogP contribution in [0.1, 0.15) is 21.2 Å². The van der Waals surface area contributed by atoms with E-state index in [1.807, 2.05) is 43.0 Å². The molecule has 0 unspecified atom stereocenters. The van der Waals surface area contributed by atoms with Gasteiger partial charge in [-0.2, -0.15) is 0 Å². The van der Waals surface area contributed by atoms with Crippen LogP contribution in [-0.2, 0) is 0 Å². The monoisotopic (exact) mass is 396 g/mol. The van der Waals surface area contributed by atoms with Crippen LogP contribution in [-0.4, -0.2) is 61.5 Å². The van der Waals surface area contributed by atoms with Crippen molar-refractivity contribution in [3.63, 3.8) is 0 Å². The third-order valence-corrected chi connectivity index (χ3v) is 5.30. The minimum Gasteiger partial charge on any atom is -0.353 e. The second-order valence-corrected chi connectivity index (χ2v) is 7.22. The fourth-order valence-corrected chi connectivity index (χ4v) is 3.68. The minimum atomic E-state index is 0.00326. The predicted molar refractivity (Wildman–Crippen MR) is 107 cm³/mol. The van der Waals surface area contributed by atoms with Crippen molar-refractivity contribution in [1.82, 2.24) is 29.4 Å². The molecule has 0 atom stereocenters. The van der Waals surface area contributed by atoms with Crippen molar-refractivity contribution in [3.05, 3.63) is 46.9 Å². The lowest BCUT2D eigenvalue weighted by atomic mass is 10.2. The van der Waals surface area contributed by atoms with E-state index < -0.39 is 0 Å². The van der Waals surface area contributed by atoms with Crippen molar-refractivity contribution >= 4 is 34.9 Å². The van der Waals surface area contributed by atoms with Crippen molar-refractivity contribution in [3.8, 4) is 0 Å². The van der Waals surface area contributed by atoms with Gasteiger partial charge in [0.05, 0.1) is 5.69 Å². The molecule has 1 aliphatic rings. The maximum atomic E-state index is 12.6. The summed E-state index contributed by atoms with van der Waals surface area (Å²) in [4.78, 5) is 30.5. The second-order valence-electron chi connectivity index (χ2n) is 6.47. The molecule has 4 heterocycles. The molecule has 1 amide bonds. The van der Waals surface area contributed by atoms with Crippen LogP contribution in [0.2, 0.25) is 0 Å². The van der Waals surface area contributed by atoms with Gasteiger partial charge in [-0.3, -0.25) is 4.79 Å². The van der Waals surface area contributed by atoms with Crippen LogP contribution in [0.4, 0.5) is 17.5 Å². The Hall–Kier alpha value is -3.14. The van der Waals surface area contributed by atoms with Gasteiger partial charge < -0.3 is 15.1 Å². The predicted octanol–water partition coefficient (Wildman–Crippen LogP) is 2.05. The molecule has 0 aliphatic carbocycles. The van der Waals surface area contributed by atoms with Crippen molar-refractivity contribution < 1.29 is 4.79 Å². The Labute approximate surface area is 166 Å². The summed E-state index contributed by atoms with van der Waals surface area (Å²) in [5.74, 6) is 2.96. The van der Waals surface area contributed by atoms with Gasteiger partial charge in [-0.15, -0.1) is 5.10 Å². The van der Waals surface area contributed by atoms with E-state index in [0.29, 0.717) is 48.4 Å². The summed E-state index contributed by atoms with van der Waals surface area (Å²) in [6.45, 7) is 6.34. The van der Waals surface area contributed by atoms with E-state index in [1.54, 1.807) is 6.20 Å². The van der Waals surface area contributed by atoms with Gasteiger partial charge in [0.25, 0.3) is 5.91 Å². The zero-order valence-electron chi connectivity index (χ0n) is 15.7. The Balaban J connectivity index is 1.44. The molecule has 0 saturated carbocycles. The highest BCUT2D eigenvalue weighted by Crippen LogP contribution is 2.21. The van der Waals surface area contributed by atoms with Gasteiger partial charge in [-0.1, -0.05) is 10.6 Å². The number of nitrogens with zero attached hydrogens (tertiary/aromatic N) is 7. The van der Waals surface area contributed by atoms with Crippen LogP contribution in [0.25, 0.3) is 0 Å². The molecule has 3 aromatic rings. The van der Waals surface area contributed by atoms with E-state index in [4.69, 9.17) is 0 Å². The number of anilines is 3. The van der Waals surface area contributed by atoms with Crippen LogP contribution >= 0.6 is 11.5 Å². The van der Waals surface area contributed by atoms with E-state index in [0.717, 1.165) is 23.2 Å². The van der Waals surface area contributed by atoms with Gasteiger partial charge in [-0.25, -0.2) is 15.0 Å². The lowest BCUT2D eigenvalue weighted by Gasteiger charge is -2.35. The molecule has 0 aromatic carbocycles. The number of pyridine rings is 1. The number of aryl methyl sites for hydroxylation is 2. The summed E-state index contributed by atoms with van der Waals surface area (Å²) in [5, 5.41) is 7.14. The number of aromatic nitrogens is 5. The quantitative estimate of drug-likeness (QED) is 0.715. The first-order chi connectivity index (χ1) is 13.6. The maximum Gasteiger partial charge on any atom is 0.267 e. The standard InChI is InChI=1S/C18H20N8OS/c1-12-17(28-24-23-12)18(27)26-9-7-25(8-10-26)16-11-15(20-13(2)21-16)22-14-5-3-4-6-19-14/h3-6,11H,7-10H2,1-2H3,(H,19,20,21,22). The molecule has 1 saturated heterocycles. The maximum absolute atomic E-state index is 12.6. The molecular weight excluding hydrogens is 376 g/mol. The van der Waals surface area contributed by atoms with E-state index >= 15 is 0 Å². The molecule has 1 fully saturated rings. The Bertz CT molecular complexity index is 969. The molecule has 9 nitrogen and oxygen atoms in total. The zero-order valence-corrected chi connectivity index (χ0v) is 16.5. The number of nitrogens with one attached hydrogen (secondary N) is 1. The number of piperazine rings is 1. The molecule has 0 spiro atoms. The third kappa shape index (κ3) is 3.91. The highest BCUT2D eigenvalue weighted by atomic mass is 32.1. The summed E-state index contributed by atoms with van der Waals surface area (Å²) in [5.41, 5.74) is 0.689. The average Bonchev–Trinajstić information content (AvgIpc) is 3.14. The van der Waals surface area contributed by atoms with Crippen LogP contribution in [0.3, 0.4) is 0 Å². The van der Waals surface area contributed by atoms with Crippen LogP contribution < -0.4 is 10.2 Å². The molecule has 1 aliphatic heterocycles. The summed E-state index contributed by atoms with van der Waals surface area (Å²) >= 11 is 1.15. The Kier molecular flexibility index (Phi) is 5.11. The van der Waals surface area contributed by atoms with E-state index in [1.165, 1.54) is 0 Å². The van der Waals surface area contributed by atoms with Gasteiger partial charge in [0.15, 0.2) is 0 Å². The van der Waals surface area contributed by atoms with E-state index in [2.05, 4.69) is 34.8 Å². The molecule has 144 valence electrons. The van der Waals surface area contributed by atoms with Crippen molar-refractivity contribution in [2.75, 3.05) is 36.4 Å². The average molecular weight is 396 g/mol. The van der Waals surface area contributed by atoms with Crippen molar-refractivity contribution in [2.24, 2.45) is 0 Å². The van der Waals surface area contributed by atoms with Crippen LogP contribution in [0.15, 0.2) is 30.5 Å². The van der Waals surface area contributed by atoms with Crippen molar-refractivity contribution in [1.29, 1.82) is 0 Å². The molecule has 0 bridgehead atoms. The largest absolute Gasteiger partial charge is 0.353 e. The molecule has 10 heteroatoms. The Morgan fingerprint density at radius 3 is 2.61 bits per heavy atom. The summed E-state index contributed by atoms with van der Waals surface area (Å²) in [6, 6.07) is 7.58. The molecule has 28 heavy (non-hydrogen) atoms. The van der Waals surface area contributed by atoms with E-state index in [-0.39, 0.29) is 5.91 Å². The summed E-state index contributed by atoms with van der Waals surface area (Å²) < 4.78 is 3.86. The zero-order chi connectivity index (χ0) is 19.5. The highest BCUT2D eigenvalue weighted by molar-refractivity contribution is 7.07. The van der Waals surface area contributed by atoms with Gasteiger partial charge in [0, 0.05) is 38.4 Å². The first-order valence-corrected chi connectivity index (χ1v) is 9.74. The number of rotatable bonds is 4. The van der Waals surface area contributed by atoms with Gasteiger partial charge >= 0.3 is 0 Å². The lowest BCUT2D eigenvalue weighted by molar-refractivity contribution is 0.0750. The minimum absolute atomic E-state index is 0.00326. The molecule has 0 radical (unpaired) electrons. The van der Waals surface area contributed by atoms with Crippen LogP contribution in [0, 0.1) is 13.8 Å². The number of carbonyl (C=O) groups excluding carboxylic acids is 1. The number of hydrogen-bond acceptors (Lipinski definition) is 9. The lowest BCUT2D eigenvalue weighted by Crippen LogP contribution is -2.49. The normalized spacial score (nSPS) is 14.2. The smallest absolute Gasteiger partial charge is 0.267 e. The first-order valence-electron chi connectivity index (χ1n) is 8.97. The third-order valence-electron chi connectivity index (χ3n) is 4.48. The van der Waals surface area contributed by atoms with Crippen LogP contribution in [0.5, 0.6) is 0 Å². The van der Waals surface area contributed by atoms with Gasteiger partial charge in [0.1, 0.15) is 28.2 Å². The summed E-state index contributed by atoms with van der Waals surface area (Å²) in [7, 11) is 0. The number of hydrogen-bond donors (Lipinski definition) is 1. The number of carbonyl (C=O) groups is 1. The first kappa shape index (κ1) is 18.2. The molecule has 1 N–H and O–H groups in total. The Morgan fingerprint density at radius 2 is 1.93 bits per heavy atom. The van der Waals surface area contributed by atoms with Gasteiger partial charge in [0.2, 0.25) is 0 Å². The highest BCUT2D eigenvalue weighted by Gasteiger charge is 2.25. The fraction of sp³-hybridized carbons (Fsp3) is 0.333. The summed E-state index contributed by atoms with van der Waals surface area (Å²) in [6.07, 6.45) is 1.73. The molecule has 4 rings (SSSR count). The van der Waals surface area contributed by atoms with Crippen molar-refractivity contribution in [2.45, 2.75) is 13.8 Å². The second kappa shape index (κ2) is 7.85. The Morgan fingerprint density at radius 1 is 1.11 bits per heavy atom. The number of amides is 1. The molecule has 3 aromatic heterocycles. The SMILES string of the molecule is Cc1nc(Nc2ccccn2)cc(N2CCN(C(=O)c3snnc3C)CC2)n1.